The number of benzene rings is 1. The Labute approximate surface area is 122 Å². The second kappa shape index (κ2) is 6.11. The minimum absolute atomic E-state index is 0.0722. The number of ether oxygens (including phenoxy) is 1. The molecule has 20 heavy (non-hydrogen) atoms. The lowest BCUT2D eigenvalue weighted by molar-refractivity contribution is 0.201. The molecule has 0 radical (unpaired) electrons. The summed E-state index contributed by atoms with van der Waals surface area (Å²) in [5.74, 6) is 0.880. The lowest BCUT2D eigenvalue weighted by Crippen LogP contribution is -2.15. The van der Waals surface area contributed by atoms with E-state index in [4.69, 9.17) is 9.15 Å². The largest absolute Gasteiger partial charge is 0.484 e. The number of fused-ring (bicyclic) bond motifs is 1. The monoisotopic (exact) mass is 287 g/mol. The van der Waals surface area contributed by atoms with Gasteiger partial charge in [-0.3, -0.25) is 0 Å². The van der Waals surface area contributed by atoms with Gasteiger partial charge in [-0.15, -0.1) is 11.3 Å². The molecule has 0 aliphatic rings. The standard InChI is InChI=1S/C16H17NO2S/c1-17-9-7-15(16-6-3-11-20-16)19-14-5-2-4-13-12(14)8-10-18-13/h2-6,8,10-11,15,17H,7,9H2,1H3/t15-/m1/s1. The molecule has 0 bridgehead atoms. The Morgan fingerprint density at radius 2 is 2.20 bits per heavy atom. The Morgan fingerprint density at radius 3 is 3.00 bits per heavy atom. The number of rotatable bonds is 6. The summed E-state index contributed by atoms with van der Waals surface area (Å²) in [6, 6.07) is 12.1. The Bertz CT molecular complexity index is 660. The molecule has 0 amide bonds. The number of hydrogen-bond acceptors (Lipinski definition) is 4. The van der Waals surface area contributed by atoms with Crippen LogP contribution in [0.4, 0.5) is 0 Å². The van der Waals surface area contributed by atoms with Crippen LogP contribution in [0, 0.1) is 0 Å². The number of thiophene rings is 1. The van der Waals surface area contributed by atoms with E-state index >= 15 is 0 Å². The van der Waals surface area contributed by atoms with E-state index in [1.165, 1.54) is 4.88 Å². The first-order chi connectivity index (χ1) is 9.88. The van der Waals surface area contributed by atoms with Gasteiger partial charge in [-0.2, -0.15) is 0 Å². The van der Waals surface area contributed by atoms with Crippen LogP contribution in [0.5, 0.6) is 5.75 Å². The summed E-state index contributed by atoms with van der Waals surface area (Å²) in [6.07, 6.45) is 2.71. The summed E-state index contributed by atoms with van der Waals surface area (Å²) in [4.78, 5) is 1.25. The van der Waals surface area contributed by atoms with Crippen LogP contribution in [0.25, 0.3) is 11.0 Å². The SMILES string of the molecule is CNCC[C@@H](Oc1cccc2occc12)c1cccs1. The third-order valence-corrected chi connectivity index (χ3v) is 4.21. The Morgan fingerprint density at radius 1 is 1.25 bits per heavy atom. The second-order valence-electron chi connectivity index (χ2n) is 4.60. The first-order valence-corrected chi connectivity index (χ1v) is 7.57. The molecule has 2 aromatic heterocycles. The molecule has 0 fully saturated rings. The predicted octanol–water partition coefficient (Wildman–Crippen LogP) is 4.22. The molecule has 0 saturated heterocycles. The summed E-state index contributed by atoms with van der Waals surface area (Å²) < 4.78 is 11.7. The van der Waals surface area contributed by atoms with Crippen LogP contribution in [0.15, 0.2) is 52.5 Å². The van der Waals surface area contributed by atoms with Gasteiger partial charge < -0.3 is 14.5 Å². The maximum atomic E-state index is 6.24. The predicted molar refractivity (Wildman–Crippen MR) is 82.4 cm³/mol. The molecule has 104 valence electrons. The molecule has 1 N–H and O–H groups in total. The molecular formula is C16H17NO2S. The number of nitrogens with one attached hydrogen (secondary N) is 1. The first-order valence-electron chi connectivity index (χ1n) is 6.69. The summed E-state index contributed by atoms with van der Waals surface area (Å²) >= 11 is 1.73. The minimum atomic E-state index is 0.0722. The van der Waals surface area contributed by atoms with Gasteiger partial charge >= 0.3 is 0 Å². The Balaban J connectivity index is 1.87. The van der Waals surface area contributed by atoms with Crippen LogP contribution in [0.2, 0.25) is 0 Å². The molecule has 0 aliphatic heterocycles. The van der Waals surface area contributed by atoms with Gasteiger partial charge in [0.25, 0.3) is 0 Å². The smallest absolute Gasteiger partial charge is 0.137 e. The van der Waals surface area contributed by atoms with Gasteiger partial charge in [-0.1, -0.05) is 12.1 Å². The summed E-state index contributed by atoms with van der Waals surface area (Å²) in [5, 5.41) is 6.30. The number of furan rings is 1. The van der Waals surface area contributed by atoms with Crippen molar-refractivity contribution < 1.29 is 9.15 Å². The lowest BCUT2D eigenvalue weighted by atomic mass is 10.2. The zero-order valence-corrected chi connectivity index (χ0v) is 12.2. The molecule has 4 heteroatoms. The van der Waals surface area contributed by atoms with Crippen LogP contribution >= 0.6 is 11.3 Å². The van der Waals surface area contributed by atoms with Crippen LogP contribution < -0.4 is 10.1 Å². The van der Waals surface area contributed by atoms with E-state index in [1.54, 1.807) is 17.6 Å². The maximum Gasteiger partial charge on any atom is 0.137 e. The molecule has 0 saturated carbocycles. The van der Waals surface area contributed by atoms with Crippen molar-refractivity contribution in [2.45, 2.75) is 12.5 Å². The van der Waals surface area contributed by atoms with E-state index in [1.807, 2.05) is 31.3 Å². The third kappa shape index (κ3) is 2.71. The highest BCUT2D eigenvalue weighted by atomic mass is 32.1. The van der Waals surface area contributed by atoms with Crippen molar-refractivity contribution in [3.05, 3.63) is 52.9 Å². The maximum absolute atomic E-state index is 6.24. The molecule has 0 aliphatic carbocycles. The topological polar surface area (TPSA) is 34.4 Å². The van der Waals surface area contributed by atoms with Crippen molar-refractivity contribution in [3.8, 4) is 5.75 Å². The quantitative estimate of drug-likeness (QED) is 0.737. The fourth-order valence-corrected chi connectivity index (χ4v) is 3.02. The first kappa shape index (κ1) is 13.2. The summed E-state index contributed by atoms with van der Waals surface area (Å²) in [6.45, 7) is 0.921. The van der Waals surface area contributed by atoms with E-state index in [2.05, 4.69) is 22.8 Å². The molecule has 1 atom stereocenters. The van der Waals surface area contributed by atoms with Crippen molar-refractivity contribution in [3.63, 3.8) is 0 Å². The van der Waals surface area contributed by atoms with Gasteiger partial charge in [0.2, 0.25) is 0 Å². The molecule has 3 rings (SSSR count). The lowest BCUT2D eigenvalue weighted by Gasteiger charge is -2.18. The highest BCUT2D eigenvalue weighted by molar-refractivity contribution is 7.10. The van der Waals surface area contributed by atoms with Crippen LogP contribution in [0.3, 0.4) is 0 Å². The highest BCUT2D eigenvalue weighted by Gasteiger charge is 2.16. The van der Waals surface area contributed by atoms with E-state index in [9.17, 15) is 0 Å². The molecule has 0 unspecified atom stereocenters. The molecule has 2 heterocycles. The average molecular weight is 287 g/mol. The van der Waals surface area contributed by atoms with Crippen molar-refractivity contribution >= 4 is 22.3 Å². The van der Waals surface area contributed by atoms with Crippen molar-refractivity contribution in [1.82, 2.24) is 5.32 Å². The fraction of sp³-hybridized carbons (Fsp3) is 0.250. The molecule has 3 aromatic rings. The van der Waals surface area contributed by atoms with E-state index in [0.29, 0.717) is 0 Å². The van der Waals surface area contributed by atoms with Gasteiger partial charge in [0.1, 0.15) is 17.4 Å². The normalized spacial score (nSPS) is 12.7. The van der Waals surface area contributed by atoms with E-state index in [0.717, 1.165) is 29.7 Å². The highest BCUT2D eigenvalue weighted by Crippen LogP contribution is 2.33. The number of hydrogen-bond donors (Lipinski definition) is 1. The zero-order chi connectivity index (χ0) is 13.8. The molecule has 1 aromatic carbocycles. The van der Waals surface area contributed by atoms with Crippen molar-refractivity contribution in [2.24, 2.45) is 0 Å². The van der Waals surface area contributed by atoms with Crippen molar-refractivity contribution in [2.75, 3.05) is 13.6 Å². The van der Waals surface area contributed by atoms with Crippen LogP contribution in [-0.2, 0) is 0 Å². The summed E-state index contributed by atoms with van der Waals surface area (Å²) in [5.41, 5.74) is 0.862. The van der Waals surface area contributed by atoms with Crippen LogP contribution in [0.1, 0.15) is 17.4 Å². The zero-order valence-electron chi connectivity index (χ0n) is 11.3. The third-order valence-electron chi connectivity index (χ3n) is 3.24. The molecular weight excluding hydrogens is 270 g/mol. The van der Waals surface area contributed by atoms with Gasteiger partial charge in [-0.05, 0) is 43.2 Å². The van der Waals surface area contributed by atoms with Gasteiger partial charge in [0.15, 0.2) is 0 Å². The van der Waals surface area contributed by atoms with Gasteiger partial charge in [0.05, 0.1) is 11.6 Å². The second-order valence-corrected chi connectivity index (χ2v) is 5.58. The minimum Gasteiger partial charge on any atom is -0.484 e. The Hall–Kier alpha value is -1.78. The van der Waals surface area contributed by atoms with E-state index in [-0.39, 0.29) is 6.10 Å². The van der Waals surface area contributed by atoms with Crippen LogP contribution in [-0.4, -0.2) is 13.6 Å². The average Bonchev–Trinajstić information content (AvgIpc) is 3.14. The summed E-state index contributed by atoms with van der Waals surface area (Å²) in [7, 11) is 1.96. The van der Waals surface area contributed by atoms with Gasteiger partial charge in [0, 0.05) is 11.3 Å². The Kier molecular flexibility index (Phi) is 4.04. The van der Waals surface area contributed by atoms with Gasteiger partial charge in [-0.25, -0.2) is 0 Å². The molecule has 0 spiro atoms. The van der Waals surface area contributed by atoms with E-state index < -0.39 is 0 Å². The molecule has 3 nitrogen and oxygen atoms in total. The fourth-order valence-electron chi connectivity index (χ4n) is 2.23. The van der Waals surface area contributed by atoms with Crippen molar-refractivity contribution in [1.29, 1.82) is 0 Å².